The largest absolute Gasteiger partial charge is 0.368 e. The molecule has 1 unspecified atom stereocenters. The van der Waals surface area contributed by atoms with Crippen LogP contribution in [0.1, 0.15) is 12.5 Å². The molecule has 1 saturated heterocycles. The normalized spacial score (nSPS) is 21.3. The number of halogens is 1. The molecule has 0 saturated carbocycles. The van der Waals surface area contributed by atoms with Crippen molar-refractivity contribution in [2.75, 3.05) is 38.6 Å². The van der Waals surface area contributed by atoms with E-state index in [1.807, 2.05) is 13.1 Å². The number of rotatable bonds is 3. The number of anilines is 1. The van der Waals surface area contributed by atoms with Crippen LogP contribution in [0.2, 0.25) is 5.02 Å². The number of benzene rings is 1. The summed E-state index contributed by atoms with van der Waals surface area (Å²) in [6.07, 6.45) is 0. The summed E-state index contributed by atoms with van der Waals surface area (Å²) in [7, 11) is 4.17. The molecule has 1 atom stereocenters. The fourth-order valence-corrected chi connectivity index (χ4v) is 2.60. The van der Waals surface area contributed by atoms with Crippen molar-refractivity contribution in [2.24, 2.45) is 0 Å². The first-order chi connectivity index (χ1) is 8.61. The van der Waals surface area contributed by atoms with Gasteiger partial charge >= 0.3 is 0 Å². The van der Waals surface area contributed by atoms with E-state index in [1.165, 1.54) is 11.3 Å². The Labute approximate surface area is 115 Å². The molecular formula is C14H22ClN3. The van der Waals surface area contributed by atoms with Crippen LogP contribution in [0.25, 0.3) is 0 Å². The quantitative estimate of drug-likeness (QED) is 0.906. The number of nitrogens with one attached hydrogen (secondary N) is 1. The molecule has 1 heterocycles. The van der Waals surface area contributed by atoms with Crippen molar-refractivity contribution in [3.8, 4) is 0 Å². The minimum atomic E-state index is 0.583. The molecule has 1 aliphatic rings. The van der Waals surface area contributed by atoms with E-state index in [0.29, 0.717) is 6.04 Å². The SMILES string of the molecule is CNCc1ccc(Cl)cc1N1CCN(C)C(C)C1. The van der Waals surface area contributed by atoms with Gasteiger partial charge in [-0.15, -0.1) is 0 Å². The van der Waals surface area contributed by atoms with Gasteiger partial charge in [-0.1, -0.05) is 17.7 Å². The number of hydrogen-bond acceptors (Lipinski definition) is 3. The molecule has 100 valence electrons. The van der Waals surface area contributed by atoms with Crippen molar-refractivity contribution < 1.29 is 0 Å². The summed E-state index contributed by atoms with van der Waals surface area (Å²) in [5.74, 6) is 0. The molecular weight excluding hydrogens is 246 g/mol. The summed E-state index contributed by atoms with van der Waals surface area (Å²) >= 11 is 6.14. The Morgan fingerprint density at radius 3 is 2.83 bits per heavy atom. The molecule has 0 aliphatic carbocycles. The molecule has 1 aliphatic heterocycles. The first-order valence-electron chi connectivity index (χ1n) is 6.50. The predicted octanol–water partition coefficient (Wildman–Crippen LogP) is 2.20. The van der Waals surface area contributed by atoms with Gasteiger partial charge in [0, 0.05) is 42.9 Å². The summed E-state index contributed by atoms with van der Waals surface area (Å²) in [4.78, 5) is 4.85. The predicted molar refractivity (Wildman–Crippen MR) is 78.5 cm³/mol. The van der Waals surface area contributed by atoms with Crippen LogP contribution < -0.4 is 10.2 Å². The van der Waals surface area contributed by atoms with E-state index in [4.69, 9.17) is 11.6 Å². The van der Waals surface area contributed by atoms with Gasteiger partial charge in [0.25, 0.3) is 0 Å². The van der Waals surface area contributed by atoms with Crippen molar-refractivity contribution >= 4 is 17.3 Å². The van der Waals surface area contributed by atoms with Crippen molar-refractivity contribution in [1.29, 1.82) is 0 Å². The Balaban J connectivity index is 2.23. The summed E-state index contributed by atoms with van der Waals surface area (Å²) < 4.78 is 0. The van der Waals surface area contributed by atoms with E-state index in [2.05, 4.69) is 41.2 Å². The van der Waals surface area contributed by atoms with E-state index >= 15 is 0 Å². The van der Waals surface area contributed by atoms with E-state index in [0.717, 1.165) is 31.2 Å². The lowest BCUT2D eigenvalue weighted by molar-refractivity contribution is 0.234. The highest BCUT2D eigenvalue weighted by molar-refractivity contribution is 6.30. The second-order valence-electron chi connectivity index (χ2n) is 5.08. The molecule has 0 amide bonds. The lowest BCUT2D eigenvalue weighted by Gasteiger charge is -2.39. The van der Waals surface area contributed by atoms with Crippen LogP contribution >= 0.6 is 11.6 Å². The minimum absolute atomic E-state index is 0.583. The lowest BCUT2D eigenvalue weighted by Crippen LogP contribution is -2.50. The second kappa shape index (κ2) is 5.91. The number of nitrogens with zero attached hydrogens (tertiary/aromatic N) is 2. The summed E-state index contributed by atoms with van der Waals surface area (Å²) in [5, 5.41) is 4.04. The molecule has 1 aromatic carbocycles. The maximum absolute atomic E-state index is 6.14. The summed E-state index contributed by atoms with van der Waals surface area (Å²) in [6, 6.07) is 6.76. The molecule has 0 spiro atoms. The van der Waals surface area contributed by atoms with E-state index < -0.39 is 0 Å². The molecule has 0 bridgehead atoms. The number of hydrogen-bond donors (Lipinski definition) is 1. The molecule has 3 nitrogen and oxygen atoms in total. The van der Waals surface area contributed by atoms with Gasteiger partial charge in [-0.2, -0.15) is 0 Å². The number of piperazine rings is 1. The molecule has 1 aromatic rings. The van der Waals surface area contributed by atoms with Gasteiger partial charge in [-0.25, -0.2) is 0 Å². The van der Waals surface area contributed by atoms with Crippen molar-refractivity contribution in [1.82, 2.24) is 10.2 Å². The maximum atomic E-state index is 6.14. The summed E-state index contributed by atoms with van der Waals surface area (Å²) in [5.41, 5.74) is 2.59. The third kappa shape index (κ3) is 2.97. The third-order valence-electron chi connectivity index (χ3n) is 3.71. The highest BCUT2D eigenvalue weighted by atomic mass is 35.5. The zero-order chi connectivity index (χ0) is 13.1. The van der Waals surface area contributed by atoms with Crippen LogP contribution in [0.5, 0.6) is 0 Å². The average Bonchev–Trinajstić information content (AvgIpc) is 2.35. The van der Waals surface area contributed by atoms with Gasteiger partial charge in [0.1, 0.15) is 0 Å². The Morgan fingerprint density at radius 2 is 2.17 bits per heavy atom. The van der Waals surface area contributed by atoms with Gasteiger partial charge in [-0.3, -0.25) is 0 Å². The van der Waals surface area contributed by atoms with Crippen LogP contribution in [0.4, 0.5) is 5.69 Å². The maximum Gasteiger partial charge on any atom is 0.0427 e. The van der Waals surface area contributed by atoms with Crippen molar-refractivity contribution in [3.05, 3.63) is 28.8 Å². The molecule has 1 N–H and O–H groups in total. The Kier molecular flexibility index (Phi) is 4.49. The second-order valence-corrected chi connectivity index (χ2v) is 5.52. The molecule has 1 fully saturated rings. The van der Waals surface area contributed by atoms with Gasteiger partial charge in [0.2, 0.25) is 0 Å². The molecule has 18 heavy (non-hydrogen) atoms. The smallest absolute Gasteiger partial charge is 0.0427 e. The van der Waals surface area contributed by atoms with E-state index in [9.17, 15) is 0 Å². The van der Waals surface area contributed by atoms with Gasteiger partial charge in [0.15, 0.2) is 0 Å². The third-order valence-corrected chi connectivity index (χ3v) is 3.95. The monoisotopic (exact) mass is 267 g/mol. The number of likely N-dealkylation sites (N-methyl/N-ethyl adjacent to an activating group) is 1. The van der Waals surface area contributed by atoms with Gasteiger partial charge < -0.3 is 15.1 Å². The standard InChI is InChI=1S/C14H22ClN3/c1-11-10-18(7-6-17(11)3)14-8-13(15)5-4-12(14)9-16-2/h4-5,8,11,16H,6-7,9-10H2,1-3H3. The Bertz CT molecular complexity index is 408. The zero-order valence-electron chi connectivity index (χ0n) is 11.4. The molecule has 4 heteroatoms. The summed E-state index contributed by atoms with van der Waals surface area (Å²) in [6.45, 7) is 6.39. The lowest BCUT2D eigenvalue weighted by atomic mass is 10.1. The fraction of sp³-hybridized carbons (Fsp3) is 0.571. The zero-order valence-corrected chi connectivity index (χ0v) is 12.2. The van der Waals surface area contributed by atoms with Crippen LogP contribution in [0, 0.1) is 0 Å². The highest BCUT2D eigenvalue weighted by Crippen LogP contribution is 2.26. The van der Waals surface area contributed by atoms with Crippen LogP contribution in [-0.2, 0) is 6.54 Å². The Morgan fingerprint density at radius 1 is 1.39 bits per heavy atom. The van der Waals surface area contributed by atoms with Crippen LogP contribution in [-0.4, -0.2) is 44.7 Å². The van der Waals surface area contributed by atoms with E-state index in [-0.39, 0.29) is 0 Å². The van der Waals surface area contributed by atoms with Crippen LogP contribution in [0.15, 0.2) is 18.2 Å². The van der Waals surface area contributed by atoms with Gasteiger partial charge in [-0.05, 0) is 38.7 Å². The topological polar surface area (TPSA) is 18.5 Å². The van der Waals surface area contributed by atoms with Gasteiger partial charge in [0.05, 0.1) is 0 Å². The highest BCUT2D eigenvalue weighted by Gasteiger charge is 2.22. The minimum Gasteiger partial charge on any atom is -0.368 e. The van der Waals surface area contributed by atoms with Crippen molar-refractivity contribution in [3.63, 3.8) is 0 Å². The average molecular weight is 268 g/mol. The molecule has 0 aromatic heterocycles. The molecule has 2 rings (SSSR count). The fourth-order valence-electron chi connectivity index (χ4n) is 2.44. The first-order valence-corrected chi connectivity index (χ1v) is 6.88. The van der Waals surface area contributed by atoms with E-state index in [1.54, 1.807) is 0 Å². The van der Waals surface area contributed by atoms with Crippen molar-refractivity contribution in [2.45, 2.75) is 19.5 Å². The first kappa shape index (κ1) is 13.7. The van der Waals surface area contributed by atoms with Crippen LogP contribution in [0.3, 0.4) is 0 Å². The molecule has 0 radical (unpaired) electrons. The Hall–Kier alpha value is -0.770.